The molecule has 7 heteroatoms. The Morgan fingerprint density at radius 3 is 2.63 bits per heavy atom. The number of hydrogen-bond donors (Lipinski definition) is 0. The van der Waals surface area contributed by atoms with Crippen LogP contribution in [0.15, 0.2) is 12.1 Å². The van der Waals surface area contributed by atoms with Crippen LogP contribution in [-0.2, 0) is 14.3 Å². The fourth-order valence-electron chi connectivity index (χ4n) is 2.03. The molecule has 1 aliphatic rings. The molecule has 1 fully saturated rings. The summed E-state index contributed by atoms with van der Waals surface area (Å²) in [7, 11) is 2.68. The highest BCUT2D eigenvalue weighted by Gasteiger charge is 2.29. The zero-order chi connectivity index (χ0) is 13.8. The molecule has 0 spiro atoms. The van der Waals surface area contributed by atoms with Crippen molar-refractivity contribution in [1.29, 1.82) is 0 Å². The maximum absolute atomic E-state index is 11.4. The topological polar surface area (TPSA) is 81.6 Å². The standard InChI is InChI=1S/C12H15N3O4/c1-18-11(16)8-5-6-15(7-8)10-4-3-9(13-14-10)12(17)19-2/h3-4,8H,5-7H2,1-2H3. The summed E-state index contributed by atoms with van der Waals surface area (Å²) in [4.78, 5) is 24.6. The van der Waals surface area contributed by atoms with Crippen LogP contribution in [0.2, 0.25) is 0 Å². The summed E-state index contributed by atoms with van der Waals surface area (Å²) in [6, 6.07) is 3.25. The van der Waals surface area contributed by atoms with Gasteiger partial charge < -0.3 is 14.4 Å². The third kappa shape index (κ3) is 2.81. The third-order valence-corrected chi connectivity index (χ3v) is 3.09. The van der Waals surface area contributed by atoms with Gasteiger partial charge in [-0.15, -0.1) is 10.2 Å². The number of esters is 2. The molecule has 7 nitrogen and oxygen atoms in total. The van der Waals surface area contributed by atoms with Gasteiger partial charge in [-0.25, -0.2) is 4.79 Å². The predicted molar refractivity (Wildman–Crippen MR) is 65.7 cm³/mol. The first kappa shape index (κ1) is 13.3. The van der Waals surface area contributed by atoms with E-state index in [0.717, 1.165) is 6.42 Å². The van der Waals surface area contributed by atoms with Crippen LogP contribution in [0.4, 0.5) is 5.82 Å². The van der Waals surface area contributed by atoms with Gasteiger partial charge in [0, 0.05) is 13.1 Å². The van der Waals surface area contributed by atoms with Crippen molar-refractivity contribution in [2.75, 3.05) is 32.2 Å². The zero-order valence-corrected chi connectivity index (χ0v) is 10.8. The van der Waals surface area contributed by atoms with E-state index in [1.165, 1.54) is 14.2 Å². The average Bonchev–Trinajstić information content (AvgIpc) is 2.95. The minimum atomic E-state index is -0.520. The molecule has 0 bridgehead atoms. The summed E-state index contributed by atoms with van der Waals surface area (Å²) in [5.74, 6) is -0.222. The van der Waals surface area contributed by atoms with Gasteiger partial charge in [-0.3, -0.25) is 4.79 Å². The molecule has 2 heterocycles. The lowest BCUT2D eigenvalue weighted by atomic mass is 10.1. The van der Waals surface area contributed by atoms with E-state index in [0.29, 0.717) is 18.9 Å². The van der Waals surface area contributed by atoms with Crippen LogP contribution >= 0.6 is 0 Å². The summed E-state index contributed by atoms with van der Waals surface area (Å²) < 4.78 is 9.27. The van der Waals surface area contributed by atoms with Crippen molar-refractivity contribution in [3.8, 4) is 0 Å². The molecule has 0 aromatic carbocycles. The van der Waals surface area contributed by atoms with Crippen molar-refractivity contribution in [1.82, 2.24) is 10.2 Å². The molecule has 0 saturated carbocycles. The van der Waals surface area contributed by atoms with E-state index < -0.39 is 5.97 Å². The molecule has 1 atom stereocenters. The maximum atomic E-state index is 11.4. The Balaban J connectivity index is 2.04. The van der Waals surface area contributed by atoms with Crippen molar-refractivity contribution < 1.29 is 19.1 Å². The second-order valence-corrected chi connectivity index (χ2v) is 4.22. The summed E-state index contributed by atoms with van der Waals surface area (Å²) in [5, 5.41) is 7.77. The van der Waals surface area contributed by atoms with Gasteiger partial charge in [0.2, 0.25) is 0 Å². The first-order valence-electron chi connectivity index (χ1n) is 5.90. The Labute approximate surface area is 110 Å². The predicted octanol–water partition coefficient (Wildman–Crippen LogP) is 0.262. The normalized spacial score (nSPS) is 18.2. The molecule has 0 radical (unpaired) electrons. The van der Waals surface area contributed by atoms with Crippen molar-refractivity contribution in [2.24, 2.45) is 5.92 Å². The van der Waals surface area contributed by atoms with E-state index in [1.54, 1.807) is 12.1 Å². The SMILES string of the molecule is COC(=O)c1ccc(N2CCC(C(=O)OC)C2)nn1. The van der Waals surface area contributed by atoms with Gasteiger partial charge in [0.05, 0.1) is 20.1 Å². The second-order valence-electron chi connectivity index (χ2n) is 4.22. The average molecular weight is 265 g/mol. The number of anilines is 1. The first-order chi connectivity index (χ1) is 9.15. The minimum absolute atomic E-state index is 0.132. The highest BCUT2D eigenvalue weighted by atomic mass is 16.5. The molecule has 0 amide bonds. The molecule has 1 unspecified atom stereocenters. The monoisotopic (exact) mass is 265 g/mol. The number of hydrogen-bond acceptors (Lipinski definition) is 7. The molecule has 0 aliphatic carbocycles. The van der Waals surface area contributed by atoms with Gasteiger partial charge in [0.25, 0.3) is 0 Å². The molecule has 1 aromatic heterocycles. The van der Waals surface area contributed by atoms with Crippen LogP contribution in [-0.4, -0.2) is 49.4 Å². The number of carbonyl (C=O) groups excluding carboxylic acids is 2. The summed E-state index contributed by atoms with van der Waals surface area (Å²) in [6.45, 7) is 1.27. The van der Waals surface area contributed by atoms with Gasteiger partial charge in [-0.2, -0.15) is 0 Å². The van der Waals surface area contributed by atoms with Gasteiger partial charge in [-0.05, 0) is 18.6 Å². The lowest BCUT2D eigenvalue weighted by Gasteiger charge is -2.16. The van der Waals surface area contributed by atoms with Crippen LogP contribution in [0.3, 0.4) is 0 Å². The minimum Gasteiger partial charge on any atom is -0.469 e. The smallest absolute Gasteiger partial charge is 0.358 e. The van der Waals surface area contributed by atoms with E-state index in [2.05, 4.69) is 14.9 Å². The van der Waals surface area contributed by atoms with E-state index in [4.69, 9.17) is 4.74 Å². The quantitative estimate of drug-likeness (QED) is 0.725. The first-order valence-corrected chi connectivity index (χ1v) is 5.90. The summed E-state index contributed by atoms with van der Waals surface area (Å²) >= 11 is 0. The van der Waals surface area contributed by atoms with E-state index >= 15 is 0 Å². The van der Waals surface area contributed by atoms with Crippen molar-refractivity contribution in [2.45, 2.75) is 6.42 Å². The van der Waals surface area contributed by atoms with Crippen LogP contribution in [0.25, 0.3) is 0 Å². The van der Waals surface area contributed by atoms with Crippen LogP contribution in [0.1, 0.15) is 16.9 Å². The number of rotatable bonds is 3. The number of ether oxygens (including phenoxy) is 2. The third-order valence-electron chi connectivity index (χ3n) is 3.09. The molecule has 2 rings (SSSR count). The van der Waals surface area contributed by atoms with Gasteiger partial charge in [0.1, 0.15) is 0 Å². The molecule has 1 saturated heterocycles. The van der Waals surface area contributed by atoms with Crippen molar-refractivity contribution >= 4 is 17.8 Å². The highest BCUT2D eigenvalue weighted by Crippen LogP contribution is 2.22. The largest absolute Gasteiger partial charge is 0.469 e. The van der Waals surface area contributed by atoms with Crippen molar-refractivity contribution in [3.63, 3.8) is 0 Å². The number of methoxy groups -OCH3 is 2. The number of carbonyl (C=O) groups is 2. The Morgan fingerprint density at radius 2 is 2.05 bits per heavy atom. The Bertz CT molecular complexity index is 474. The van der Waals surface area contributed by atoms with Gasteiger partial charge in [0.15, 0.2) is 11.5 Å². The summed E-state index contributed by atoms with van der Waals surface area (Å²) in [6.07, 6.45) is 0.729. The zero-order valence-electron chi connectivity index (χ0n) is 10.8. The molecule has 19 heavy (non-hydrogen) atoms. The highest BCUT2D eigenvalue weighted by molar-refractivity contribution is 5.87. The fourth-order valence-corrected chi connectivity index (χ4v) is 2.03. The second kappa shape index (κ2) is 5.64. The number of aromatic nitrogens is 2. The lowest BCUT2D eigenvalue weighted by Crippen LogP contribution is -2.24. The van der Waals surface area contributed by atoms with Crippen LogP contribution < -0.4 is 4.90 Å². The van der Waals surface area contributed by atoms with E-state index in [9.17, 15) is 9.59 Å². The maximum Gasteiger partial charge on any atom is 0.358 e. The van der Waals surface area contributed by atoms with Gasteiger partial charge in [-0.1, -0.05) is 0 Å². The molecule has 102 valence electrons. The van der Waals surface area contributed by atoms with Crippen molar-refractivity contribution in [3.05, 3.63) is 17.8 Å². The Morgan fingerprint density at radius 1 is 1.26 bits per heavy atom. The van der Waals surface area contributed by atoms with E-state index in [-0.39, 0.29) is 17.6 Å². The summed E-state index contributed by atoms with van der Waals surface area (Å²) in [5.41, 5.74) is 0.162. The molecule has 0 N–H and O–H groups in total. The van der Waals surface area contributed by atoms with Crippen LogP contribution in [0.5, 0.6) is 0 Å². The Hall–Kier alpha value is -2.18. The fraction of sp³-hybridized carbons (Fsp3) is 0.500. The number of nitrogens with zero attached hydrogens (tertiary/aromatic N) is 3. The lowest BCUT2D eigenvalue weighted by molar-refractivity contribution is -0.144. The van der Waals surface area contributed by atoms with E-state index in [1.807, 2.05) is 4.90 Å². The molecule has 1 aromatic rings. The molecular formula is C12H15N3O4. The molecule has 1 aliphatic heterocycles. The Kier molecular flexibility index (Phi) is 3.94. The molecular weight excluding hydrogens is 250 g/mol. The van der Waals surface area contributed by atoms with Crippen LogP contribution in [0, 0.1) is 5.92 Å². The van der Waals surface area contributed by atoms with Gasteiger partial charge >= 0.3 is 11.9 Å².